The molecule has 2 heterocycles. The summed E-state index contributed by atoms with van der Waals surface area (Å²) in [5.41, 5.74) is 0. The summed E-state index contributed by atoms with van der Waals surface area (Å²) in [5.74, 6) is 1.40. The van der Waals surface area contributed by atoms with Crippen molar-refractivity contribution in [2.75, 3.05) is 11.5 Å². The molecule has 0 bridgehead atoms. The van der Waals surface area contributed by atoms with Gasteiger partial charge in [0, 0.05) is 6.04 Å². The van der Waals surface area contributed by atoms with E-state index < -0.39 is 9.84 Å². The van der Waals surface area contributed by atoms with Gasteiger partial charge in [-0.2, -0.15) is 0 Å². The molecule has 2 rings (SSSR count). The summed E-state index contributed by atoms with van der Waals surface area (Å²) in [4.78, 5) is 0. The second-order valence-corrected chi connectivity index (χ2v) is 6.23. The topological polar surface area (TPSA) is 59.3 Å². The van der Waals surface area contributed by atoms with Crippen molar-refractivity contribution < 1.29 is 12.8 Å². The predicted octanol–water partition coefficient (Wildman–Crippen LogP) is 1.12. The molecule has 0 aliphatic carbocycles. The average molecular weight is 229 g/mol. The second kappa shape index (κ2) is 3.98. The van der Waals surface area contributed by atoms with Crippen molar-refractivity contribution in [2.24, 2.45) is 0 Å². The van der Waals surface area contributed by atoms with E-state index in [0.29, 0.717) is 12.2 Å². The number of nitrogens with one attached hydrogen (secondary N) is 1. The summed E-state index contributed by atoms with van der Waals surface area (Å²) in [6, 6.07) is 3.86. The van der Waals surface area contributed by atoms with Crippen LogP contribution in [0.2, 0.25) is 0 Å². The summed E-state index contributed by atoms with van der Waals surface area (Å²) in [5, 5.41) is 3.26. The quantitative estimate of drug-likeness (QED) is 0.843. The van der Waals surface area contributed by atoms with Gasteiger partial charge in [0.05, 0.1) is 23.8 Å². The zero-order chi connectivity index (χ0) is 10.9. The Balaban J connectivity index is 1.94. The SMILES string of the molecule is CC(NC1CCS(=O)(=O)C1)c1ccco1. The van der Waals surface area contributed by atoms with Crippen LogP contribution in [0.4, 0.5) is 0 Å². The molecule has 0 spiro atoms. The first-order valence-corrected chi connectivity index (χ1v) is 6.89. The van der Waals surface area contributed by atoms with Crippen molar-refractivity contribution in [3.63, 3.8) is 0 Å². The highest BCUT2D eigenvalue weighted by atomic mass is 32.2. The zero-order valence-electron chi connectivity index (χ0n) is 8.64. The van der Waals surface area contributed by atoms with Crippen LogP contribution < -0.4 is 5.32 Å². The van der Waals surface area contributed by atoms with Crippen molar-refractivity contribution in [3.05, 3.63) is 24.2 Å². The minimum Gasteiger partial charge on any atom is -0.468 e. The lowest BCUT2D eigenvalue weighted by Crippen LogP contribution is -2.32. The van der Waals surface area contributed by atoms with Gasteiger partial charge in [-0.15, -0.1) is 0 Å². The number of hydrogen-bond acceptors (Lipinski definition) is 4. The lowest BCUT2D eigenvalue weighted by Gasteiger charge is -2.16. The van der Waals surface area contributed by atoms with Gasteiger partial charge >= 0.3 is 0 Å². The Labute approximate surface area is 89.6 Å². The van der Waals surface area contributed by atoms with Gasteiger partial charge in [-0.1, -0.05) is 0 Å². The van der Waals surface area contributed by atoms with Gasteiger partial charge in [0.25, 0.3) is 0 Å². The van der Waals surface area contributed by atoms with Gasteiger partial charge in [-0.3, -0.25) is 0 Å². The molecule has 1 saturated heterocycles. The average Bonchev–Trinajstić information content (AvgIpc) is 2.74. The van der Waals surface area contributed by atoms with Crippen LogP contribution in [-0.4, -0.2) is 26.0 Å². The maximum Gasteiger partial charge on any atom is 0.151 e. The third-order valence-corrected chi connectivity index (χ3v) is 4.46. The normalized spacial score (nSPS) is 26.6. The van der Waals surface area contributed by atoms with E-state index in [2.05, 4.69) is 5.32 Å². The first-order valence-electron chi connectivity index (χ1n) is 5.07. The molecule has 0 radical (unpaired) electrons. The predicted molar refractivity (Wildman–Crippen MR) is 57.3 cm³/mol. The molecule has 5 heteroatoms. The molecular weight excluding hydrogens is 214 g/mol. The highest BCUT2D eigenvalue weighted by Gasteiger charge is 2.29. The van der Waals surface area contributed by atoms with Crippen molar-refractivity contribution in [2.45, 2.75) is 25.4 Å². The molecule has 1 N–H and O–H groups in total. The molecule has 1 aromatic heterocycles. The maximum absolute atomic E-state index is 11.2. The summed E-state index contributed by atoms with van der Waals surface area (Å²) < 4.78 is 27.7. The minimum absolute atomic E-state index is 0.0649. The first-order chi connectivity index (χ1) is 7.07. The Morgan fingerprint density at radius 3 is 2.93 bits per heavy atom. The smallest absolute Gasteiger partial charge is 0.151 e. The highest BCUT2D eigenvalue weighted by Crippen LogP contribution is 2.18. The van der Waals surface area contributed by atoms with Gasteiger partial charge in [0.2, 0.25) is 0 Å². The third-order valence-electron chi connectivity index (χ3n) is 2.69. The van der Waals surface area contributed by atoms with E-state index in [-0.39, 0.29) is 17.8 Å². The van der Waals surface area contributed by atoms with Crippen molar-refractivity contribution in [1.82, 2.24) is 5.32 Å². The molecule has 1 aliphatic heterocycles. The Morgan fingerprint density at radius 2 is 2.40 bits per heavy atom. The molecule has 0 amide bonds. The molecule has 0 saturated carbocycles. The third kappa shape index (κ3) is 2.60. The Morgan fingerprint density at radius 1 is 1.60 bits per heavy atom. The number of rotatable bonds is 3. The fourth-order valence-corrected chi connectivity index (χ4v) is 3.59. The standard InChI is InChI=1S/C10H15NO3S/c1-8(10-3-2-5-14-10)11-9-4-6-15(12,13)7-9/h2-3,5,8-9,11H,4,6-7H2,1H3. The number of sulfone groups is 1. The van der Waals surface area contributed by atoms with E-state index in [0.717, 1.165) is 5.76 Å². The molecule has 1 fully saturated rings. The van der Waals surface area contributed by atoms with Crippen LogP contribution in [0.3, 0.4) is 0 Å². The fraction of sp³-hybridized carbons (Fsp3) is 0.600. The van der Waals surface area contributed by atoms with Crippen LogP contribution in [0.5, 0.6) is 0 Å². The van der Waals surface area contributed by atoms with E-state index in [4.69, 9.17) is 4.42 Å². The largest absolute Gasteiger partial charge is 0.468 e. The lowest BCUT2D eigenvalue weighted by molar-refractivity contribution is 0.400. The molecular formula is C10H15NO3S. The van der Waals surface area contributed by atoms with Crippen LogP contribution in [0.1, 0.15) is 25.1 Å². The van der Waals surface area contributed by atoms with Gasteiger partial charge in [-0.05, 0) is 25.5 Å². The fourth-order valence-electron chi connectivity index (χ4n) is 1.90. The Bertz CT molecular complexity index is 410. The molecule has 2 atom stereocenters. The molecule has 84 valence electrons. The zero-order valence-corrected chi connectivity index (χ0v) is 9.46. The van der Waals surface area contributed by atoms with Gasteiger partial charge < -0.3 is 9.73 Å². The van der Waals surface area contributed by atoms with E-state index in [1.165, 1.54) is 0 Å². The van der Waals surface area contributed by atoms with E-state index >= 15 is 0 Å². The maximum atomic E-state index is 11.2. The summed E-state index contributed by atoms with van der Waals surface area (Å²) in [6.07, 6.45) is 2.33. The molecule has 4 nitrogen and oxygen atoms in total. The lowest BCUT2D eigenvalue weighted by atomic mass is 10.2. The first kappa shape index (κ1) is 10.7. The van der Waals surface area contributed by atoms with E-state index in [9.17, 15) is 8.42 Å². The molecule has 2 unspecified atom stereocenters. The summed E-state index contributed by atoms with van der Waals surface area (Å²) >= 11 is 0. The van der Waals surface area contributed by atoms with Crippen LogP contribution in [0, 0.1) is 0 Å². The summed E-state index contributed by atoms with van der Waals surface area (Å²) in [7, 11) is -2.80. The minimum atomic E-state index is -2.80. The Kier molecular flexibility index (Phi) is 2.84. The molecule has 1 aromatic rings. The Hall–Kier alpha value is -0.810. The van der Waals surface area contributed by atoms with Crippen LogP contribution in [0.15, 0.2) is 22.8 Å². The van der Waals surface area contributed by atoms with Gasteiger partial charge in [0.15, 0.2) is 9.84 Å². The van der Waals surface area contributed by atoms with E-state index in [1.54, 1.807) is 6.26 Å². The highest BCUT2D eigenvalue weighted by molar-refractivity contribution is 7.91. The van der Waals surface area contributed by atoms with Crippen molar-refractivity contribution in [3.8, 4) is 0 Å². The van der Waals surface area contributed by atoms with Crippen LogP contribution >= 0.6 is 0 Å². The van der Waals surface area contributed by atoms with Crippen LogP contribution in [-0.2, 0) is 9.84 Å². The van der Waals surface area contributed by atoms with Gasteiger partial charge in [0.1, 0.15) is 5.76 Å². The van der Waals surface area contributed by atoms with Crippen molar-refractivity contribution >= 4 is 9.84 Å². The molecule has 15 heavy (non-hydrogen) atoms. The molecule has 0 aromatic carbocycles. The van der Waals surface area contributed by atoms with Crippen LogP contribution in [0.25, 0.3) is 0 Å². The number of furan rings is 1. The monoisotopic (exact) mass is 229 g/mol. The summed E-state index contributed by atoms with van der Waals surface area (Å²) in [6.45, 7) is 1.98. The van der Waals surface area contributed by atoms with Crippen molar-refractivity contribution in [1.29, 1.82) is 0 Å². The number of hydrogen-bond donors (Lipinski definition) is 1. The van der Waals surface area contributed by atoms with Gasteiger partial charge in [-0.25, -0.2) is 8.42 Å². The van der Waals surface area contributed by atoms with E-state index in [1.807, 2.05) is 19.1 Å². The second-order valence-electron chi connectivity index (χ2n) is 4.00. The molecule has 1 aliphatic rings.